The van der Waals surface area contributed by atoms with E-state index in [1.165, 1.54) is 7.11 Å². The van der Waals surface area contributed by atoms with Crippen LogP contribution in [-0.2, 0) is 19.9 Å². The number of rotatable bonds is 7. The Bertz CT molecular complexity index is 785. The highest BCUT2D eigenvalue weighted by molar-refractivity contribution is 5.76. The fourth-order valence-electron chi connectivity index (χ4n) is 3.40. The number of esters is 1. The van der Waals surface area contributed by atoms with Crippen LogP contribution in [0.3, 0.4) is 0 Å². The molecule has 0 bridgehead atoms. The summed E-state index contributed by atoms with van der Waals surface area (Å²) in [6.07, 6.45) is -0.590. The largest absolute Gasteiger partial charge is 0.468 e. The van der Waals surface area contributed by atoms with E-state index in [1.807, 2.05) is 91.0 Å². The molecule has 0 heterocycles. The van der Waals surface area contributed by atoms with Crippen LogP contribution in [0, 0.1) is 0 Å². The van der Waals surface area contributed by atoms with Crippen LogP contribution in [0.4, 0.5) is 0 Å². The Balaban J connectivity index is 2.21. The van der Waals surface area contributed by atoms with E-state index >= 15 is 0 Å². The minimum absolute atomic E-state index is 0.504. The van der Waals surface area contributed by atoms with Crippen LogP contribution in [0.2, 0.25) is 0 Å². The maximum Gasteiger partial charge on any atom is 0.325 e. The third kappa shape index (κ3) is 3.84. The van der Waals surface area contributed by atoms with Gasteiger partial charge in [-0.05, 0) is 23.6 Å². The molecule has 28 heavy (non-hydrogen) atoms. The standard InChI is InChI=1S/C24H25NO3/c1-18(22(25)23(26)27-2)28-24(19-12-6-3-7-13-19,20-14-8-4-9-15-20)21-16-10-5-11-17-21/h3-18,22H,25H2,1-2H3/t18-,22+/m1/s1. The van der Waals surface area contributed by atoms with Crippen LogP contribution in [0.25, 0.3) is 0 Å². The van der Waals surface area contributed by atoms with Gasteiger partial charge < -0.3 is 15.2 Å². The van der Waals surface area contributed by atoms with Crippen molar-refractivity contribution in [1.29, 1.82) is 0 Å². The first-order valence-electron chi connectivity index (χ1n) is 9.27. The predicted molar refractivity (Wildman–Crippen MR) is 110 cm³/mol. The van der Waals surface area contributed by atoms with Crippen molar-refractivity contribution in [2.75, 3.05) is 7.11 Å². The smallest absolute Gasteiger partial charge is 0.325 e. The number of nitrogens with two attached hydrogens (primary N) is 1. The van der Waals surface area contributed by atoms with Gasteiger partial charge in [0.05, 0.1) is 13.2 Å². The Morgan fingerprint density at radius 3 is 1.46 bits per heavy atom. The van der Waals surface area contributed by atoms with Crippen LogP contribution in [-0.4, -0.2) is 25.2 Å². The lowest BCUT2D eigenvalue weighted by atomic mass is 9.79. The number of benzene rings is 3. The van der Waals surface area contributed by atoms with E-state index in [9.17, 15) is 4.79 Å². The van der Waals surface area contributed by atoms with Gasteiger partial charge in [-0.1, -0.05) is 91.0 Å². The Labute approximate surface area is 165 Å². The van der Waals surface area contributed by atoms with Crippen LogP contribution < -0.4 is 5.73 Å². The zero-order valence-corrected chi connectivity index (χ0v) is 16.1. The van der Waals surface area contributed by atoms with Crippen LogP contribution >= 0.6 is 0 Å². The average Bonchev–Trinajstić information content (AvgIpc) is 2.78. The molecule has 2 atom stereocenters. The Morgan fingerprint density at radius 2 is 1.14 bits per heavy atom. The predicted octanol–water partition coefficient (Wildman–Crippen LogP) is 3.88. The Morgan fingerprint density at radius 1 is 0.786 bits per heavy atom. The summed E-state index contributed by atoms with van der Waals surface area (Å²) in [5, 5.41) is 0. The summed E-state index contributed by atoms with van der Waals surface area (Å²) < 4.78 is 11.5. The summed E-state index contributed by atoms with van der Waals surface area (Å²) in [5.74, 6) is -0.504. The second kappa shape index (κ2) is 8.83. The van der Waals surface area contributed by atoms with Crippen molar-refractivity contribution >= 4 is 5.97 Å². The second-order valence-electron chi connectivity index (χ2n) is 6.65. The maximum absolute atomic E-state index is 12.0. The minimum atomic E-state index is -0.922. The number of hydrogen-bond acceptors (Lipinski definition) is 4. The molecule has 0 radical (unpaired) electrons. The monoisotopic (exact) mass is 375 g/mol. The van der Waals surface area contributed by atoms with Gasteiger partial charge in [0.15, 0.2) is 0 Å². The van der Waals surface area contributed by atoms with Gasteiger partial charge in [0.2, 0.25) is 0 Å². The molecule has 3 rings (SSSR count). The van der Waals surface area contributed by atoms with Crippen LogP contribution in [0.15, 0.2) is 91.0 Å². The third-order valence-electron chi connectivity index (χ3n) is 4.88. The molecule has 0 fully saturated rings. The Hall–Kier alpha value is -2.95. The third-order valence-corrected chi connectivity index (χ3v) is 4.88. The lowest BCUT2D eigenvalue weighted by Crippen LogP contribution is -2.47. The van der Waals surface area contributed by atoms with Crippen molar-refractivity contribution < 1.29 is 14.3 Å². The SMILES string of the molecule is COC(=O)[C@@H](N)[C@@H](C)OC(c1ccccc1)(c1ccccc1)c1ccccc1. The van der Waals surface area contributed by atoms with Gasteiger partial charge in [0.25, 0.3) is 0 Å². The quantitative estimate of drug-likeness (QED) is 0.503. The summed E-state index contributed by atoms with van der Waals surface area (Å²) in [7, 11) is 1.33. The first-order chi connectivity index (χ1) is 13.6. The fourth-order valence-corrected chi connectivity index (χ4v) is 3.40. The molecule has 0 saturated carbocycles. The van der Waals surface area contributed by atoms with Gasteiger partial charge in [-0.3, -0.25) is 4.79 Å². The molecule has 0 spiro atoms. The number of carbonyl (C=O) groups excluding carboxylic acids is 1. The molecule has 0 amide bonds. The second-order valence-corrected chi connectivity index (χ2v) is 6.65. The number of hydrogen-bond donors (Lipinski definition) is 1. The van der Waals surface area contributed by atoms with Crippen molar-refractivity contribution in [3.63, 3.8) is 0 Å². The maximum atomic E-state index is 12.0. The first kappa shape index (κ1) is 19.8. The molecule has 0 saturated heterocycles. The molecule has 4 heteroatoms. The molecular formula is C24H25NO3. The zero-order chi connectivity index (χ0) is 20.0. The summed E-state index contributed by atoms with van der Waals surface area (Å²) >= 11 is 0. The van der Waals surface area contributed by atoms with Crippen molar-refractivity contribution in [3.8, 4) is 0 Å². The van der Waals surface area contributed by atoms with E-state index in [4.69, 9.17) is 15.2 Å². The van der Waals surface area contributed by atoms with Crippen LogP contribution in [0.1, 0.15) is 23.6 Å². The summed E-state index contributed by atoms with van der Waals surface area (Å²) in [6, 6.07) is 29.0. The molecule has 0 aliphatic carbocycles. The van der Waals surface area contributed by atoms with E-state index in [2.05, 4.69) is 0 Å². The lowest BCUT2D eigenvalue weighted by Gasteiger charge is -2.39. The first-order valence-corrected chi connectivity index (χ1v) is 9.27. The number of ether oxygens (including phenoxy) is 2. The van der Waals surface area contributed by atoms with E-state index in [0.717, 1.165) is 16.7 Å². The molecule has 2 N–H and O–H groups in total. The van der Waals surface area contributed by atoms with E-state index in [1.54, 1.807) is 6.92 Å². The molecule has 0 aliphatic rings. The normalized spacial score (nSPS) is 13.5. The van der Waals surface area contributed by atoms with Crippen molar-refractivity contribution in [2.45, 2.75) is 24.7 Å². The molecular weight excluding hydrogens is 350 g/mol. The molecule has 0 aliphatic heterocycles. The number of methoxy groups -OCH3 is 1. The highest BCUT2D eigenvalue weighted by atomic mass is 16.5. The van der Waals surface area contributed by atoms with Gasteiger partial charge in [-0.15, -0.1) is 0 Å². The average molecular weight is 375 g/mol. The zero-order valence-electron chi connectivity index (χ0n) is 16.1. The lowest BCUT2D eigenvalue weighted by molar-refractivity contribution is -0.148. The van der Waals surface area contributed by atoms with Gasteiger partial charge in [-0.25, -0.2) is 0 Å². The van der Waals surface area contributed by atoms with Gasteiger partial charge in [0, 0.05) is 0 Å². The topological polar surface area (TPSA) is 61.5 Å². The summed E-state index contributed by atoms with van der Waals surface area (Å²) in [4.78, 5) is 12.0. The van der Waals surface area contributed by atoms with Crippen molar-refractivity contribution in [1.82, 2.24) is 0 Å². The van der Waals surface area contributed by atoms with Gasteiger partial charge in [-0.2, -0.15) is 0 Å². The molecule has 0 aromatic heterocycles. The molecule has 3 aromatic carbocycles. The summed E-state index contributed by atoms with van der Waals surface area (Å²) in [6.45, 7) is 1.80. The van der Waals surface area contributed by atoms with E-state index in [0.29, 0.717) is 0 Å². The summed E-state index contributed by atoms with van der Waals surface area (Å²) in [5.41, 5.74) is 8.06. The number of carbonyl (C=O) groups is 1. The molecule has 4 nitrogen and oxygen atoms in total. The van der Waals surface area contributed by atoms with Gasteiger partial charge in [0.1, 0.15) is 11.6 Å². The molecule has 3 aromatic rings. The molecule has 144 valence electrons. The van der Waals surface area contributed by atoms with E-state index < -0.39 is 23.7 Å². The minimum Gasteiger partial charge on any atom is -0.468 e. The van der Waals surface area contributed by atoms with Crippen LogP contribution in [0.5, 0.6) is 0 Å². The van der Waals surface area contributed by atoms with Crippen molar-refractivity contribution in [3.05, 3.63) is 108 Å². The van der Waals surface area contributed by atoms with Gasteiger partial charge >= 0.3 is 5.97 Å². The highest BCUT2D eigenvalue weighted by Gasteiger charge is 2.41. The fraction of sp³-hybridized carbons (Fsp3) is 0.208. The van der Waals surface area contributed by atoms with E-state index in [-0.39, 0.29) is 0 Å². The highest BCUT2D eigenvalue weighted by Crippen LogP contribution is 2.41. The van der Waals surface area contributed by atoms with Crippen molar-refractivity contribution in [2.24, 2.45) is 5.73 Å². The Kier molecular flexibility index (Phi) is 6.24. The molecule has 0 unspecified atom stereocenters.